The van der Waals surface area contributed by atoms with E-state index in [1.165, 1.54) is 12.1 Å². The lowest BCUT2D eigenvalue weighted by Crippen LogP contribution is -2.39. The second kappa shape index (κ2) is 8.87. The van der Waals surface area contributed by atoms with Gasteiger partial charge >= 0.3 is 0 Å². The molecule has 1 N–H and O–H groups in total. The molecule has 26 heavy (non-hydrogen) atoms. The molecule has 0 spiro atoms. The van der Waals surface area contributed by atoms with E-state index in [9.17, 15) is 9.18 Å². The number of pyridine rings is 1. The molecule has 0 atom stereocenters. The Hall–Kier alpha value is -2.31. The molecule has 0 bridgehead atoms. The quantitative estimate of drug-likeness (QED) is 0.645. The number of carbonyl (C=O) groups is 1. The van der Waals surface area contributed by atoms with Gasteiger partial charge in [-0.1, -0.05) is 23.7 Å². The minimum absolute atomic E-state index is 0.0546. The van der Waals surface area contributed by atoms with Crippen LogP contribution in [0.4, 0.5) is 4.39 Å². The number of amides is 1. The molecule has 0 radical (unpaired) electrons. The minimum Gasteiger partial charge on any atom is -0.299 e. The van der Waals surface area contributed by atoms with Crippen LogP contribution < -0.4 is 5.43 Å². The molecule has 2 aromatic rings. The van der Waals surface area contributed by atoms with E-state index >= 15 is 0 Å². The lowest BCUT2D eigenvalue weighted by atomic mass is 9.96. The number of benzene rings is 1. The molecule has 0 aliphatic carbocycles. The summed E-state index contributed by atoms with van der Waals surface area (Å²) in [7, 11) is 0. The van der Waals surface area contributed by atoms with Crippen molar-refractivity contribution in [3.05, 3.63) is 64.7 Å². The molecule has 1 aromatic carbocycles. The predicted molar refractivity (Wildman–Crippen MR) is 99.4 cm³/mol. The van der Waals surface area contributed by atoms with Crippen molar-refractivity contribution < 1.29 is 9.18 Å². The molecule has 0 unspecified atom stereocenters. The van der Waals surface area contributed by atoms with Gasteiger partial charge in [0.2, 0.25) is 5.91 Å². The third-order valence-corrected chi connectivity index (χ3v) is 4.79. The zero-order valence-corrected chi connectivity index (χ0v) is 15.0. The third-order valence-electron chi connectivity index (χ3n) is 4.44. The maximum Gasteiger partial charge on any atom is 0.243 e. The van der Waals surface area contributed by atoms with Crippen LogP contribution in [-0.2, 0) is 11.3 Å². The van der Waals surface area contributed by atoms with Crippen molar-refractivity contribution >= 4 is 23.7 Å². The molecule has 1 amide bonds. The van der Waals surface area contributed by atoms with Crippen molar-refractivity contribution in [2.75, 3.05) is 13.1 Å². The fourth-order valence-electron chi connectivity index (χ4n) is 2.96. The van der Waals surface area contributed by atoms with Crippen LogP contribution in [0.2, 0.25) is 5.02 Å². The molecule has 0 saturated carbocycles. The number of nitrogens with zero attached hydrogens (tertiary/aromatic N) is 3. The highest BCUT2D eigenvalue weighted by molar-refractivity contribution is 6.31. The Kier molecular flexibility index (Phi) is 6.30. The van der Waals surface area contributed by atoms with Crippen LogP contribution in [0.15, 0.2) is 47.8 Å². The van der Waals surface area contributed by atoms with Gasteiger partial charge in [0.15, 0.2) is 0 Å². The standard InChI is InChI=1S/C19H20ClFN4O/c20-18-10-17(21)4-3-16(18)13-25-8-5-15(6-9-25)19(26)24-23-12-14-2-1-7-22-11-14/h1-4,7,10-12,15H,5-6,8-9,13H2,(H,24,26). The van der Waals surface area contributed by atoms with Crippen molar-refractivity contribution in [2.45, 2.75) is 19.4 Å². The summed E-state index contributed by atoms with van der Waals surface area (Å²) < 4.78 is 13.1. The maximum absolute atomic E-state index is 13.1. The van der Waals surface area contributed by atoms with Crippen LogP contribution >= 0.6 is 11.6 Å². The average Bonchev–Trinajstić information content (AvgIpc) is 2.65. The summed E-state index contributed by atoms with van der Waals surface area (Å²) in [5, 5.41) is 4.43. The molecule has 3 rings (SSSR count). The summed E-state index contributed by atoms with van der Waals surface area (Å²) in [4.78, 5) is 18.4. The van der Waals surface area contributed by atoms with E-state index in [1.54, 1.807) is 24.7 Å². The minimum atomic E-state index is -0.332. The third kappa shape index (κ3) is 5.09. The number of piperidine rings is 1. The van der Waals surface area contributed by atoms with Crippen molar-refractivity contribution in [3.8, 4) is 0 Å². The number of halogens is 2. The van der Waals surface area contributed by atoms with Gasteiger partial charge < -0.3 is 0 Å². The van der Waals surface area contributed by atoms with Crippen molar-refractivity contribution in [1.29, 1.82) is 0 Å². The number of nitrogens with one attached hydrogen (secondary N) is 1. The Morgan fingerprint density at radius 2 is 2.19 bits per heavy atom. The topological polar surface area (TPSA) is 57.6 Å². The maximum atomic E-state index is 13.1. The van der Waals surface area contributed by atoms with E-state index in [2.05, 4.69) is 20.4 Å². The molecule has 1 saturated heterocycles. The number of rotatable bonds is 5. The zero-order chi connectivity index (χ0) is 18.4. The fourth-order valence-corrected chi connectivity index (χ4v) is 3.19. The fraction of sp³-hybridized carbons (Fsp3) is 0.316. The highest BCUT2D eigenvalue weighted by atomic mass is 35.5. The number of hydrazone groups is 1. The second-order valence-corrected chi connectivity index (χ2v) is 6.71. The highest BCUT2D eigenvalue weighted by Crippen LogP contribution is 2.23. The first-order chi connectivity index (χ1) is 12.6. The second-order valence-electron chi connectivity index (χ2n) is 6.31. The van der Waals surface area contributed by atoms with E-state index in [4.69, 9.17) is 11.6 Å². The lowest BCUT2D eigenvalue weighted by Gasteiger charge is -2.31. The van der Waals surface area contributed by atoms with Gasteiger partial charge in [-0.05, 0) is 49.7 Å². The Morgan fingerprint density at radius 3 is 2.88 bits per heavy atom. The summed E-state index contributed by atoms with van der Waals surface area (Å²) >= 11 is 6.08. The highest BCUT2D eigenvalue weighted by Gasteiger charge is 2.25. The van der Waals surface area contributed by atoms with Gasteiger partial charge in [-0.2, -0.15) is 5.10 Å². The number of likely N-dealkylation sites (tertiary alicyclic amines) is 1. The number of hydrogen-bond acceptors (Lipinski definition) is 4. The normalized spacial score (nSPS) is 16.1. The van der Waals surface area contributed by atoms with E-state index in [0.717, 1.165) is 37.1 Å². The first-order valence-corrected chi connectivity index (χ1v) is 8.89. The largest absolute Gasteiger partial charge is 0.299 e. The van der Waals surface area contributed by atoms with Crippen LogP contribution in [0, 0.1) is 11.7 Å². The van der Waals surface area contributed by atoms with Crippen LogP contribution in [-0.4, -0.2) is 35.1 Å². The molecule has 1 aromatic heterocycles. The average molecular weight is 375 g/mol. The van der Waals surface area contributed by atoms with Crippen LogP contribution in [0.3, 0.4) is 0 Å². The van der Waals surface area contributed by atoms with Crippen molar-refractivity contribution in [1.82, 2.24) is 15.3 Å². The van der Waals surface area contributed by atoms with E-state index in [1.807, 2.05) is 12.1 Å². The number of aromatic nitrogens is 1. The Bertz CT molecular complexity index is 776. The molecule has 7 heteroatoms. The van der Waals surface area contributed by atoms with Crippen molar-refractivity contribution in [3.63, 3.8) is 0 Å². The monoisotopic (exact) mass is 374 g/mol. The van der Waals surface area contributed by atoms with Gasteiger partial charge in [0, 0.05) is 35.4 Å². The Morgan fingerprint density at radius 1 is 1.38 bits per heavy atom. The van der Waals surface area contributed by atoms with Gasteiger partial charge in [0.25, 0.3) is 0 Å². The Labute approximate surface area is 156 Å². The summed E-state index contributed by atoms with van der Waals surface area (Å²) in [6.45, 7) is 2.24. The van der Waals surface area contributed by atoms with Crippen LogP contribution in [0.5, 0.6) is 0 Å². The smallest absolute Gasteiger partial charge is 0.243 e. The van der Waals surface area contributed by atoms with Crippen LogP contribution in [0.25, 0.3) is 0 Å². The van der Waals surface area contributed by atoms with E-state index < -0.39 is 0 Å². The molecule has 136 valence electrons. The van der Waals surface area contributed by atoms with E-state index in [-0.39, 0.29) is 17.6 Å². The van der Waals surface area contributed by atoms with Crippen molar-refractivity contribution in [2.24, 2.45) is 11.0 Å². The van der Waals surface area contributed by atoms with Gasteiger partial charge in [-0.15, -0.1) is 0 Å². The van der Waals surface area contributed by atoms with Crippen LogP contribution in [0.1, 0.15) is 24.0 Å². The molecule has 5 nitrogen and oxygen atoms in total. The van der Waals surface area contributed by atoms with E-state index in [0.29, 0.717) is 11.6 Å². The molecule has 2 heterocycles. The van der Waals surface area contributed by atoms with Gasteiger partial charge in [0.05, 0.1) is 6.21 Å². The van der Waals surface area contributed by atoms with Gasteiger partial charge in [0.1, 0.15) is 5.82 Å². The Balaban J connectivity index is 1.45. The SMILES string of the molecule is O=C(NN=Cc1cccnc1)C1CCN(Cc2ccc(F)cc2Cl)CC1. The molecular formula is C19H20ClFN4O. The predicted octanol–water partition coefficient (Wildman–Crippen LogP) is 3.24. The first-order valence-electron chi connectivity index (χ1n) is 8.51. The number of hydrogen-bond donors (Lipinski definition) is 1. The molecule has 1 aliphatic rings. The van der Waals surface area contributed by atoms with Gasteiger partial charge in [-0.3, -0.25) is 14.7 Å². The molecular weight excluding hydrogens is 355 g/mol. The summed E-state index contributed by atoms with van der Waals surface area (Å²) in [6.07, 6.45) is 6.45. The summed E-state index contributed by atoms with van der Waals surface area (Å²) in [5.41, 5.74) is 4.33. The molecule has 1 aliphatic heterocycles. The zero-order valence-electron chi connectivity index (χ0n) is 14.2. The first kappa shape index (κ1) is 18.5. The molecule has 1 fully saturated rings. The van der Waals surface area contributed by atoms with Gasteiger partial charge in [-0.25, -0.2) is 9.82 Å². The summed E-state index contributed by atoms with van der Waals surface area (Å²) in [6, 6.07) is 8.14. The number of carbonyl (C=O) groups excluding carboxylic acids is 1. The lowest BCUT2D eigenvalue weighted by molar-refractivity contribution is -0.126. The summed E-state index contributed by atoms with van der Waals surface area (Å²) in [5.74, 6) is -0.452.